The van der Waals surface area contributed by atoms with Crippen LogP contribution in [0.25, 0.3) is 11.6 Å². The van der Waals surface area contributed by atoms with E-state index in [0.717, 1.165) is 28.9 Å². The van der Waals surface area contributed by atoms with Crippen LogP contribution in [0.4, 0.5) is 0 Å². The van der Waals surface area contributed by atoms with Crippen molar-refractivity contribution in [2.45, 2.75) is 13.5 Å². The number of aryl methyl sites for hydroxylation is 1. The molecule has 4 rings (SSSR count). The molecule has 0 atom stereocenters. The Morgan fingerprint density at radius 1 is 1.04 bits per heavy atom. The third-order valence-corrected chi connectivity index (χ3v) is 6.57. The number of hydrogen-bond acceptors (Lipinski definition) is 4. The van der Waals surface area contributed by atoms with Crippen molar-refractivity contribution in [3.05, 3.63) is 77.0 Å². The van der Waals surface area contributed by atoms with Gasteiger partial charge in [-0.25, -0.2) is 12.9 Å². The lowest BCUT2D eigenvalue weighted by atomic mass is 10.2. The van der Waals surface area contributed by atoms with Gasteiger partial charge in [-0.3, -0.25) is 4.90 Å². The number of nitrogens with zero attached hydrogens (tertiary/aromatic N) is 4. The molecule has 0 N–H and O–H groups in total. The van der Waals surface area contributed by atoms with Crippen LogP contribution in [0.5, 0.6) is 0 Å². The molecular weight excluding hydrogens is 372 g/mol. The first kappa shape index (κ1) is 18.9. The van der Waals surface area contributed by atoms with Crippen molar-refractivity contribution in [3.63, 3.8) is 0 Å². The molecule has 2 aromatic heterocycles. The average molecular weight is 397 g/mol. The van der Waals surface area contributed by atoms with Crippen LogP contribution in [0.15, 0.2) is 60.1 Å². The molecule has 0 radical (unpaired) electrons. The third kappa shape index (κ3) is 4.32. The largest absolute Gasteiger partial charge is 0.295 e. The zero-order chi connectivity index (χ0) is 19.6. The number of hydrogen-bond donors (Lipinski definition) is 0. The molecule has 0 bridgehead atoms. The minimum atomic E-state index is -3.40. The van der Waals surface area contributed by atoms with Crippen molar-refractivity contribution in [2.75, 3.05) is 26.2 Å². The summed E-state index contributed by atoms with van der Waals surface area (Å²) >= 11 is 0. The SMILES string of the molecule is Cc1ccc(/C=C/S(=O)(=O)N2CCN(Cc3cc4ccccn4n3)CC2)cc1. The minimum absolute atomic E-state index is 0.494. The fraction of sp³-hybridized carbons (Fsp3) is 0.286. The zero-order valence-corrected chi connectivity index (χ0v) is 16.7. The topological polar surface area (TPSA) is 57.9 Å². The molecule has 0 aliphatic carbocycles. The van der Waals surface area contributed by atoms with E-state index < -0.39 is 10.0 Å². The van der Waals surface area contributed by atoms with Gasteiger partial charge in [-0.15, -0.1) is 0 Å². The van der Waals surface area contributed by atoms with E-state index in [1.807, 2.05) is 60.1 Å². The fourth-order valence-corrected chi connectivity index (χ4v) is 4.54. The first-order chi connectivity index (χ1) is 13.5. The fourth-order valence-electron chi connectivity index (χ4n) is 3.37. The van der Waals surface area contributed by atoms with E-state index in [1.54, 1.807) is 10.4 Å². The van der Waals surface area contributed by atoms with Gasteiger partial charge in [0.25, 0.3) is 0 Å². The van der Waals surface area contributed by atoms with Crippen LogP contribution in [-0.4, -0.2) is 53.4 Å². The number of rotatable bonds is 5. The Kier molecular flexibility index (Phi) is 5.30. The Morgan fingerprint density at radius 3 is 2.50 bits per heavy atom. The van der Waals surface area contributed by atoms with E-state index in [9.17, 15) is 8.42 Å². The van der Waals surface area contributed by atoms with Gasteiger partial charge in [0.1, 0.15) is 0 Å². The summed E-state index contributed by atoms with van der Waals surface area (Å²) in [6.45, 7) is 5.13. The molecule has 3 heterocycles. The van der Waals surface area contributed by atoms with Crippen LogP contribution in [0.1, 0.15) is 16.8 Å². The maximum Gasteiger partial charge on any atom is 0.236 e. The molecule has 0 unspecified atom stereocenters. The maximum atomic E-state index is 12.6. The quantitative estimate of drug-likeness (QED) is 0.665. The van der Waals surface area contributed by atoms with Crippen LogP contribution >= 0.6 is 0 Å². The molecule has 146 valence electrons. The van der Waals surface area contributed by atoms with Crippen molar-refractivity contribution in [1.29, 1.82) is 0 Å². The third-order valence-electron chi connectivity index (χ3n) is 5.01. The molecule has 0 amide bonds. The lowest BCUT2D eigenvalue weighted by Gasteiger charge is -2.32. The highest BCUT2D eigenvalue weighted by Gasteiger charge is 2.25. The predicted octanol–water partition coefficient (Wildman–Crippen LogP) is 2.76. The maximum absolute atomic E-state index is 12.6. The van der Waals surface area contributed by atoms with E-state index in [-0.39, 0.29) is 0 Å². The number of sulfonamides is 1. The molecule has 7 heteroatoms. The first-order valence-corrected chi connectivity index (χ1v) is 10.9. The Bertz CT molecular complexity index is 1050. The highest BCUT2D eigenvalue weighted by molar-refractivity contribution is 7.92. The zero-order valence-electron chi connectivity index (χ0n) is 15.9. The molecule has 1 aliphatic heterocycles. The van der Waals surface area contributed by atoms with Crippen molar-refractivity contribution in [2.24, 2.45) is 0 Å². The summed E-state index contributed by atoms with van der Waals surface area (Å²) in [6, 6.07) is 15.9. The number of piperazine rings is 1. The molecule has 3 aromatic rings. The lowest BCUT2D eigenvalue weighted by Crippen LogP contribution is -2.47. The number of pyridine rings is 1. The molecule has 1 aliphatic rings. The standard InChI is InChI=1S/C21H24N4O2S/c1-18-5-7-19(8-6-18)9-15-28(26,27)24-13-11-23(12-14-24)17-20-16-21-4-2-3-10-25(21)22-20/h2-10,15-16H,11-14,17H2,1H3/b15-9+. The van der Waals surface area contributed by atoms with Crippen molar-refractivity contribution >= 4 is 21.6 Å². The second-order valence-corrected chi connectivity index (χ2v) is 8.96. The van der Waals surface area contributed by atoms with E-state index >= 15 is 0 Å². The summed E-state index contributed by atoms with van der Waals surface area (Å²) in [5, 5.41) is 5.89. The Morgan fingerprint density at radius 2 is 1.79 bits per heavy atom. The molecule has 28 heavy (non-hydrogen) atoms. The van der Waals surface area contributed by atoms with Crippen LogP contribution in [0.2, 0.25) is 0 Å². The summed E-state index contributed by atoms with van der Waals surface area (Å²) in [5.74, 6) is 0. The van der Waals surface area contributed by atoms with E-state index in [0.29, 0.717) is 26.2 Å². The molecule has 0 spiro atoms. The van der Waals surface area contributed by atoms with Gasteiger partial charge in [-0.05, 0) is 36.8 Å². The monoisotopic (exact) mass is 396 g/mol. The Balaban J connectivity index is 1.35. The van der Waals surface area contributed by atoms with E-state index in [2.05, 4.69) is 16.1 Å². The van der Waals surface area contributed by atoms with Crippen molar-refractivity contribution in [1.82, 2.24) is 18.8 Å². The summed E-state index contributed by atoms with van der Waals surface area (Å²) in [5.41, 5.74) is 4.11. The highest BCUT2D eigenvalue weighted by Crippen LogP contribution is 2.14. The average Bonchev–Trinajstić information content (AvgIpc) is 3.10. The second kappa shape index (κ2) is 7.87. The molecule has 1 saturated heterocycles. The summed E-state index contributed by atoms with van der Waals surface area (Å²) in [4.78, 5) is 2.25. The molecular formula is C21H24N4O2S. The Labute approximate surface area is 165 Å². The van der Waals surface area contributed by atoms with Gasteiger partial charge in [0, 0.05) is 44.3 Å². The first-order valence-electron chi connectivity index (χ1n) is 9.40. The Hall–Kier alpha value is -2.48. The van der Waals surface area contributed by atoms with Gasteiger partial charge >= 0.3 is 0 Å². The summed E-state index contributed by atoms with van der Waals surface area (Å²) in [7, 11) is -3.40. The highest BCUT2D eigenvalue weighted by atomic mass is 32.2. The van der Waals surface area contributed by atoms with Gasteiger partial charge in [0.15, 0.2) is 0 Å². The van der Waals surface area contributed by atoms with Gasteiger partial charge in [-0.2, -0.15) is 9.40 Å². The smallest absolute Gasteiger partial charge is 0.236 e. The second-order valence-electron chi connectivity index (χ2n) is 7.14. The predicted molar refractivity (Wildman–Crippen MR) is 111 cm³/mol. The van der Waals surface area contributed by atoms with Gasteiger partial charge in [0.05, 0.1) is 11.2 Å². The summed E-state index contributed by atoms with van der Waals surface area (Å²) in [6.07, 6.45) is 3.60. The lowest BCUT2D eigenvalue weighted by molar-refractivity contribution is 0.181. The number of fused-ring (bicyclic) bond motifs is 1. The van der Waals surface area contributed by atoms with E-state index in [4.69, 9.17) is 0 Å². The normalized spacial score (nSPS) is 16.9. The summed E-state index contributed by atoms with van der Waals surface area (Å²) < 4.78 is 28.6. The van der Waals surface area contributed by atoms with Crippen LogP contribution in [0, 0.1) is 6.92 Å². The number of benzene rings is 1. The van der Waals surface area contributed by atoms with Crippen LogP contribution in [-0.2, 0) is 16.6 Å². The molecule has 0 saturated carbocycles. The molecule has 6 nitrogen and oxygen atoms in total. The number of aromatic nitrogens is 2. The van der Waals surface area contributed by atoms with Crippen molar-refractivity contribution in [3.8, 4) is 0 Å². The van der Waals surface area contributed by atoms with Crippen LogP contribution in [0.3, 0.4) is 0 Å². The van der Waals surface area contributed by atoms with Crippen LogP contribution < -0.4 is 0 Å². The van der Waals surface area contributed by atoms with Gasteiger partial charge in [0.2, 0.25) is 10.0 Å². The minimum Gasteiger partial charge on any atom is -0.295 e. The molecule has 1 aromatic carbocycles. The van der Waals surface area contributed by atoms with Crippen molar-refractivity contribution < 1.29 is 8.42 Å². The van der Waals surface area contributed by atoms with E-state index in [1.165, 1.54) is 5.41 Å². The van der Waals surface area contributed by atoms with Gasteiger partial charge in [-0.1, -0.05) is 35.9 Å². The molecule has 1 fully saturated rings. The van der Waals surface area contributed by atoms with Gasteiger partial charge < -0.3 is 0 Å².